The summed E-state index contributed by atoms with van der Waals surface area (Å²) in [5, 5.41) is 8.72. The van der Waals surface area contributed by atoms with Crippen LogP contribution in [0.3, 0.4) is 0 Å². The van der Waals surface area contributed by atoms with Crippen LogP contribution in [-0.4, -0.2) is 26.0 Å². The van der Waals surface area contributed by atoms with Crippen molar-refractivity contribution in [2.45, 2.75) is 0 Å². The average molecular weight is 217 g/mol. The van der Waals surface area contributed by atoms with Gasteiger partial charge in [0.2, 0.25) is 5.88 Å². The fraction of sp³-hybridized carbons (Fsp3) is 0. The molecule has 2 aromatic heterocycles. The topological polar surface area (TPSA) is 85.2 Å². The van der Waals surface area contributed by atoms with Crippen molar-refractivity contribution in [3.05, 3.63) is 42.6 Å². The standard InChI is InChI=1S/C10H7N3O3/c14-10(15)8-4-9(13-6-12-8)16-7-2-1-3-11-5-7/h1-6H,(H,14,15). The largest absolute Gasteiger partial charge is 0.477 e. The van der Waals surface area contributed by atoms with Crippen LogP contribution in [0.2, 0.25) is 0 Å². The highest BCUT2D eigenvalue weighted by Crippen LogP contribution is 2.17. The number of rotatable bonds is 3. The maximum Gasteiger partial charge on any atom is 0.354 e. The van der Waals surface area contributed by atoms with Gasteiger partial charge in [0.25, 0.3) is 0 Å². The third-order valence-corrected chi connectivity index (χ3v) is 1.72. The predicted octanol–water partition coefficient (Wildman–Crippen LogP) is 1.36. The monoisotopic (exact) mass is 217 g/mol. The van der Waals surface area contributed by atoms with Gasteiger partial charge in [0, 0.05) is 12.3 Å². The summed E-state index contributed by atoms with van der Waals surface area (Å²) in [5.41, 5.74) is -0.117. The molecule has 16 heavy (non-hydrogen) atoms. The van der Waals surface area contributed by atoms with E-state index in [0.29, 0.717) is 5.75 Å². The average Bonchev–Trinajstić information content (AvgIpc) is 2.30. The first-order valence-corrected chi connectivity index (χ1v) is 4.39. The number of ether oxygens (including phenoxy) is 1. The van der Waals surface area contributed by atoms with E-state index in [1.165, 1.54) is 12.3 Å². The van der Waals surface area contributed by atoms with Crippen molar-refractivity contribution in [3.63, 3.8) is 0 Å². The summed E-state index contributed by atoms with van der Waals surface area (Å²) in [4.78, 5) is 21.9. The van der Waals surface area contributed by atoms with E-state index in [4.69, 9.17) is 9.84 Å². The molecule has 6 nitrogen and oxygen atoms in total. The van der Waals surface area contributed by atoms with Crippen LogP contribution in [0.5, 0.6) is 11.6 Å². The molecule has 0 fully saturated rings. The smallest absolute Gasteiger partial charge is 0.354 e. The van der Waals surface area contributed by atoms with Crippen molar-refractivity contribution in [3.8, 4) is 11.6 Å². The SMILES string of the molecule is O=C(O)c1cc(Oc2cccnc2)ncn1. The number of hydrogen-bond acceptors (Lipinski definition) is 5. The van der Waals surface area contributed by atoms with Crippen molar-refractivity contribution in [2.75, 3.05) is 0 Å². The summed E-state index contributed by atoms with van der Waals surface area (Å²) in [6.45, 7) is 0. The summed E-state index contributed by atoms with van der Waals surface area (Å²) in [5.74, 6) is -0.476. The number of carboxylic acids is 1. The van der Waals surface area contributed by atoms with Crippen molar-refractivity contribution in [1.82, 2.24) is 15.0 Å². The fourth-order valence-corrected chi connectivity index (χ4v) is 1.04. The summed E-state index contributed by atoms with van der Waals surface area (Å²) in [6, 6.07) is 4.64. The number of carbonyl (C=O) groups is 1. The Morgan fingerprint density at radius 2 is 2.25 bits per heavy atom. The van der Waals surface area contributed by atoms with Gasteiger partial charge in [-0.2, -0.15) is 0 Å². The number of pyridine rings is 1. The van der Waals surface area contributed by atoms with Gasteiger partial charge < -0.3 is 9.84 Å². The molecule has 1 N–H and O–H groups in total. The lowest BCUT2D eigenvalue weighted by Gasteiger charge is -2.03. The van der Waals surface area contributed by atoms with Gasteiger partial charge in [-0.25, -0.2) is 14.8 Å². The van der Waals surface area contributed by atoms with Crippen LogP contribution < -0.4 is 4.74 Å². The molecule has 2 heterocycles. The second-order valence-corrected chi connectivity index (χ2v) is 2.84. The highest BCUT2D eigenvalue weighted by Gasteiger charge is 2.07. The second-order valence-electron chi connectivity index (χ2n) is 2.84. The molecule has 0 bridgehead atoms. The van der Waals surface area contributed by atoms with Crippen LogP contribution in [0.15, 0.2) is 36.9 Å². The Morgan fingerprint density at radius 3 is 2.94 bits per heavy atom. The summed E-state index contributed by atoms with van der Waals surface area (Å²) < 4.78 is 5.29. The van der Waals surface area contributed by atoms with Gasteiger partial charge in [-0.3, -0.25) is 4.98 Å². The Hall–Kier alpha value is -2.50. The van der Waals surface area contributed by atoms with E-state index in [0.717, 1.165) is 6.33 Å². The van der Waals surface area contributed by atoms with Gasteiger partial charge in [0.05, 0.1) is 6.20 Å². The molecule has 0 aliphatic heterocycles. The number of carboxylic acid groups (broad SMARTS) is 1. The van der Waals surface area contributed by atoms with Crippen LogP contribution >= 0.6 is 0 Å². The summed E-state index contributed by atoms with van der Waals surface area (Å²) in [7, 11) is 0. The molecule has 0 aliphatic carbocycles. The predicted molar refractivity (Wildman–Crippen MR) is 53.3 cm³/mol. The van der Waals surface area contributed by atoms with Gasteiger partial charge in [-0.15, -0.1) is 0 Å². The van der Waals surface area contributed by atoms with Crippen LogP contribution in [0, 0.1) is 0 Å². The first-order valence-electron chi connectivity index (χ1n) is 4.39. The van der Waals surface area contributed by atoms with Crippen molar-refractivity contribution in [1.29, 1.82) is 0 Å². The Labute approximate surface area is 90.6 Å². The summed E-state index contributed by atoms with van der Waals surface area (Å²) in [6.07, 6.45) is 4.24. The highest BCUT2D eigenvalue weighted by atomic mass is 16.5. The lowest BCUT2D eigenvalue weighted by atomic mass is 10.4. The first-order chi connectivity index (χ1) is 7.75. The minimum absolute atomic E-state index is 0.117. The molecule has 6 heteroatoms. The Kier molecular flexibility index (Phi) is 2.73. The number of hydrogen-bond donors (Lipinski definition) is 1. The first kappa shape index (κ1) is 10.0. The van der Waals surface area contributed by atoms with Crippen LogP contribution in [0.25, 0.3) is 0 Å². The van der Waals surface area contributed by atoms with E-state index >= 15 is 0 Å². The Morgan fingerprint density at radius 1 is 1.38 bits per heavy atom. The van der Waals surface area contributed by atoms with Gasteiger partial charge in [0.15, 0.2) is 5.69 Å². The van der Waals surface area contributed by atoms with Crippen molar-refractivity contribution < 1.29 is 14.6 Å². The highest BCUT2D eigenvalue weighted by molar-refractivity contribution is 5.85. The summed E-state index contributed by atoms with van der Waals surface area (Å²) >= 11 is 0. The van der Waals surface area contributed by atoms with E-state index in [2.05, 4.69) is 15.0 Å². The third kappa shape index (κ3) is 2.30. The van der Waals surface area contributed by atoms with Gasteiger partial charge >= 0.3 is 5.97 Å². The molecule has 2 aromatic rings. The minimum Gasteiger partial charge on any atom is -0.477 e. The van der Waals surface area contributed by atoms with E-state index in [-0.39, 0.29) is 11.6 Å². The lowest BCUT2D eigenvalue weighted by Crippen LogP contribution is -2.01. The molecule has 0 amide bonds. The lowest BCUT2D eigenvalue weighted by molar-refractivity contribution is 0.0689. The molecule has 0 unspecified atom stereocenters. The minimum atomic E-state index is -1.13. The van der Waals surface area contributed by atoms with Crippen LogP contribution in [0.1, 0.15) is 10.5 Å². The zero-order valence-corrected chi connectivity index (χ0v) is 8.07. The van der Waals surface area contributed by atoms with Gasteiger partial charge in [-0.05, 0) is 12.1 Å². The molecule has 80 valence electrons. The molecule has 0 aromatic carbocycles. The Balaban J connectivity index is 2.22. The van der Waals surface area contributed by atoms with E-state index in [1.54, 1.807) is 18.3 Å². The molecule has 0 spiro atoms. The number of aromatic carboxylic acids is 1. The van der Waals surface area contributed by atoms with Crippen LogP contribution in [0.4, 0.5) is 0 Å². The number of aromatic nitrogens is 3. The normalized spacial score (nSPS) is 9.75. The quantitative estimate of drug-likeness (QED) is 0.835. The van der Waals surface area contributed by atoms with Gasteiger partial charge in [0.1, 0.15) is 12.1 Å². The Bertz CT molecular complexity index is 502. The molecule has 0 atom stereocenters. The molecule has 0 saturated heterocycles. The molecule has 0 aliphatic rings. The van der Waals surface area contributed by atoms with Crippen LogP contribution in [-0.2, 0) is 0 Å². The van der Waals surface area contributed by atoms with E-state index in [1.807, 2.05) is 0 Å². The molecular formula is C10H7N3O3. The molecular weight excluding hydrogens is 210 g/mol. The second kappa shape index (κ2) is 4.35. The maximum absolute atomic E-state index is 10.6. The molecule has 0 radical (unpaired) electrons. The zero-order valence-electron chi connectivity index (χ0n) is 8.07. The molecule has 0 saturated carbocycles. The third-order valence-electron chi connectivity index (χ3n) is 1.72. The zero-order chi connectivity index (χ0) is 11.4. The molecule has 2 rings (SSSR count). The fourth-order valence-electron chi connectivity index (χ4n) is 1.04. The van der Waals surface area contributed by atoms with Gasteiger partial charge in [-0.1, -0.05) is 0 Å². The van der Waals surface area contributed by atoms with Crippen molar-refractivity contribution >= 4 is 5.97 Å². The van der Waals surface area contributed by atoms with E-state index < -0.39 is 5.97 Å². The van der Waals surface area contributed by atoms with Crippen molar-refractivity contribution in [2.24, 2.45) is 0 Å². The number of nitrogens with zero attached hydrogens (tertiary/aromatic N) is 3. The maximum atomic E-state index is 10.6. The van der Waals surface area contributed by atoms with E-state index in [9.17, 15) is 4.79 Å².